The van der Waals surface area contributed by atoms with Gasteiger partial charge in [0.05, 0.1) is 18.8 Å². The highest BCUT2D eigenvalue weighted by molar-refractivity contribution is 6.15. The smallest absolute Gasteiger partial charge is 0.204 e. The largest absolute Gasteiger partial charge is 0.507 e. The lowest BCUT2D eigenvalue weighted by Crippen LogP contribution is -2.46. The molecule has 8 heteroatoms. The van der Waals surface area contributed by atoms with Gasteiger partial charge in [0, 0.05) is 5.56 Å². The molecule has 0 radical (unpaired) electrons. The number of phenolic OH excluding ortho intramolecular Hbond substituents is 3. The minimum absolute atomic E-state index is 0. The van der Waals surface area contributed by atoms with Gasteiger partial charge in [0.1, 0.15) is 40.3 Å². The molecule has 0 unspecified atom stereocenters. The van der Waals surface area contributed by atoms with Crippen LogP contribution in [0.3, 0.4) is 0 Å². The van der Waals surface area contributed by atoms with Crippen molar-refractivity contribution in [1.29, 1.82) is 0 Å². The second-order valence-electron chi connectivity index (χ2n) is 7.13. The van der Waals surface area contributed by atoms with Crippen molar-refractivity contribution in [2.45, 2.75) is 39.1 Å². The van der Waals surface area contributed by atoms with Crippen LogP contribution >= 0.6 is 0 Å². The maximum atomic E-state index is 13.1. The average molecular weight is 392 g/mol. The molecule has 0 aromatic heterocycles. The summed E-state index contributed by atoms with van der Waals surface area (Å²) in [6, 6.07) is 5.31. The normalized spacial score (nSPS) is 18.1. The van der Waals surface area contributed by atoms with E-state index in [0.29, 0.717) is 16.9 Å². The van der Waals surface area contributed by atoms with Crippen molar-refractivity contribution in [3.05, 3.63) is 46.5 Å². The Kier molecular flexibility index (Phi) is 5.88. The van der Waals surface area contributed by atoms with Gasteiger partial charge in [-0.25, -0.2) is 0 Å². The molecule has 0 saturated carbocycles. The van der Waals surface area contributed by atoms with Gasteiger partial charge in [-0.2, -0.15) is 0 Å². The minimum atomic E-state index is -0.992. The first-order valence-corrected chi connectivity index (χ1v) is 8.49. The van der Waals surface area contributed by atoms with Crippen LogP contribution in [0.25, 0.3) is 0 Å². The van der Waals surface area contributed by atoms with E-state index in [4.69, 9.17) is 9.47 Å². The molecule has 0 spiro atoms. The van der Waals surface area contributed by atoms with Crippen molar-refractivity contribution in [2.75, 3.05) is 6.61 Å². The summed E-state index contributed by atoms with van der Waals surface area (Å²) in [7, 11) is 0. The van der Waals surface area contributed by atoms with Crippen molar-refractivity contribution < 1.29 is 40.2 Å². The number of fused-ring (bicyclic) bond motifs is 1. The summed E-state index contributed by atoms with van der Waals surface area (Å²) in [4.78, 5) is 13.1. The summed E-state index contributed by atoms with van der Waals surface area (Å²) in [5.41, 5.74) is -0.583. The fourth-order valence-corrected chi connectivity index (χ4v) is 3.07. The van der Waals surface area contributed by atoms with Crippen LogP contribution in [0.2, 0.25) is 0 Å². The van der Waals surface area contributed by atoms with E-state index < -0.39 is 29.0 Å². The first kappa shape index (κ1) is 21.5. The Morgan fingerprint density at radius 1 is 1.11 bits per heavy atom. The first-order chi connectivity index (χ1) is 12.6. The number of aliphatic hydroxyl groups excluding tert-OH is 1. The maximum Gasteiger partial charge on any atom is 0.204 e. The van der Waals surface area contributed by atoms with Gasteiger partial charge in [-0.05, 0) is 44.5 Å². The Morgan fingerprint density at radius 2 is 1.71 bits per heavy atom. The summed E-state index contributed by atoms with van der Waals surface area (Å²) < 4.78 is 11.5. The number of benzene rings is 2. The second kappa shape index (κ2) is 7.67. The third kappa shape index (κ3) is 3.62. The van der Waals surface area contributed by atoms with E-state index in [1.54, 1.807) is 20.8 Å². The van der Waals surface area contributed by atoms with Crippen molar-refractivity contribution in [2.24, 2.45) is 0 Å². The Labute approximate surface area is 161 Å². The van der Waals surface area contributed by atoms with Crippen molar-refractivity contribution in [3.8, 4) is 23.0 Å². The van der Waals surface area contributed by atoms with E-state index in [1.165, 1.54) is 24.3 Å². The molecule has 0 fully saturated rings. The molecule has 0 aliphatic carbocycles. The van der Waals surface area contributed by atoms with E-state index >= 15 is 0 Å². The molecule has 1 heterocycles. The van der Waals surface area contributed by atoms with Gasteiger partial charge in [0.15, 0.2) is 0 Å². The average Bonchev–Trinajstić information content (AvgIpc) is 2.56. The van der Waals surface area contributed by atoms with Crippen LogP contribution in [0.15, 0.2) is 24.3 Å². The maximum absolute atomic E-state index is 13.1. The number of hydrogen-bond acceptors (Lipinski definition) is 7. The van der Waals surface area contributed by atoms with Crippen LogP contribution in [0.1, 0.15) is 40.9 Å². The van der Waals surface area contributed by atoms with Crippen molar-refractivity contribution >= 4 is 5.78 Å². The lowest BCUT2D eigenvalue weighted by molar-refractivity contribution is -0.0851. The second-order valence-corrected chi connectivity index (χ2v) is 7.13. The number of rotatable bonds is 2. The van der Waals surface area contributed by atoms with Gasteiger partial charge < -0.3 is 35.4 Å². The number of aromatic hydroxyl groups is 3. The predicted molar refractivity (Wildman–Crippen MR) is 100 cm³/mol. The van der Waals surface area contributed by atoms with Gasteiger partial charge in [-0.1, -0.05) is 6.07 Å². The molecule has 0 amide bonds. The molecular weight excluding hydrogens is 368 g/mol. The lowest BCUT2D eigenvalue weighted by atomic mass is 9.92. The zero-order valence-corrected chi connectivity index (χ0v) is 15.8. The number of carbonyl (C=O) groups is 1. The summed E-state index contributed by atoms with van der Waals surface area (Å²) in [5, 5.41) is 40.7. The van der Waals surface area contributed by atoms with Crippen LogP contribution in [-0.2, 0) is 11.3 Å². The Bertz CT molecular complexity index is 883. The predicted octanol–water partition coefficient (Wildman–Crippen LogP) is 1.57. The number of carbonyl (C=O) groups excluding carboxylic acids is 1. The molecule has 1 atom stereocenters. The van der Waals surface area contributed by atoms with E-state index in [9.17, 15) is 25.2 Å². The molecule has 8 nitrogen and oxygen atoms in total. The molecule has 1 aliphatic heterocycles. The number of aliphatic hydroxyl groups is 1. The van der Waals surface area contributed by atoms with E-state index in [-0.39, 0.29) is 35.6 Å². The minimum Gasteiger partial charge on any atom is -0.507 e. The van der Waals surface area contributed by atoms with Crippen LogP contribution in [0.5, 0.6) is 23.0 Å². The van der Waals surface area contributed by atoms with E-state index in [2.05, 4.69) is 0 Å². The number of hydrogen-bond donors (Lipinski definition) is 4. The first-order valence-electron chi connectivity index (χ1n) is 8.49. The third-order valence-electron chi connectivity index (χ3n) is 4.71. The monoisotopic (exact) mass is 392 g/mol. The molecule has 6 N–H and O–H groups in total. The van der Waals surface area contributed by atoms with Crippen molar-refractivity contribution in [3.63, 3.8) is 0 Å². The summed E-state index contributed by atoms with van der Waals surface area (Å²) >= 11 is 0. The molecule has 0 bridgehead atoms. The molecule has 3 rings (SSSR count). The lowest BCUT2D eigenvalue weighted by Gasteiger charge is -2.35. The number of phenols is 3. The van der Waals surface area contributed by atoms with Gasteiger partial charge in [0.2, 0.25) is 5.78 Å². The zero-order chi connectivity index (χ0) is 19.9. The molecule has 2 aromatic carbocycles. The number of ether oxygens (including phenoxy) is 2. The molecular formula is C20H24O8. The molecule has 1 aliphatic rings. The highest BCUT2D eigenvalue weighted by atomic mass is 16.5. The van der Waals surface area contributed by atoms with Gasteiger partial charge in [-0.3, -0.25) is 4.79 Å². The van der Waals surface area contributed by atoms with Crippen LogP contribution in [0, 0.1) is 6.92 Å². The van der Waals surface area contributed by atoms with Gasteiger partial charge in [-0.15, -0.1) is 0 Å². The van der Waals surface area contributed by atoms with Crippen LogP contribution in [0.4, 0.5) is 0 Å². The fourth-order valence-electron chi connectivity index (χ4n) is 3.07. The fraction of sp³-hybridized carbons (Fsp3) is 0.350. The van der Waals surface area contributed by atoms with E-state index in [0.717, 1.165) is 0 Å². The quantitative estimate of drug-likeness (QED) is 0.567. The third-order valence-corrected chi connectivity index (χ3v) is 4.71. The summed E-state index contributed by atoms with van der Waals surface area (Å²) in [6.07, 6.45) is -0.889. The molecule has 152 valence electrons. The summed E-state index contributed by atoms with van der Waals surface area (Å²) in [6.45, 7) is 4.98. The molecule has 0 saturated heterocycles. The van der Waals surface area contributed by atoms with Crippen LogP contribution in [-0.4, -0.2) is 50.0 Å². The van der Waals surface area contributed by atoms with E-state index in [1.807, 2.05) is 0 Å². The topological polar surface area (TPSA) is 148 Å². The van der Waals surface area contributed by atoms with Crippen LogP contribution < -0.4 is 4.74 Å². The SMILES string of the molecule is Cc1cc(O)c(C(=O)c2c(O)cccc2O)c2c1OC(C)(C)[C@H](O)COC2.O. The van der Waals surface area contributed by atoms with Gasteiger partial charge >= 0.3 is 0 Å². The Morgan fingerprint density at radius 3 is 2.32 bits per heavy atom. The Balaban J connectivity index is 0.00000280. The number of ketones is 1. The molecule has 28 heavy (non-hydrogen) atoms. The Hall–Kier alpha value is -2.81. The summed E-state index contributed by atoms with van der Waals surface area (Å²) in [5.74, 6) is -1.57. The standard InChI is InChI=1S/C20H22O7.H2O/c1-10-7-14(23)16(18(25)17-12(21)5-4-6-13(17)22)11-8-26-9-15(24)20(2,3)27-19(10)11;/h4-7,15,21-24H,8-9H2,1-3H3;1H2/t15-;/m1./s1. The highest BCUT2D eigenvalue weighted by Gasteiger charge is 2.36. The zero-order valence-electron chi connectivity index (χ0n) is 15.8. The number of aryl methyl sites for hydroxylation is 1. The van der Waals surface area contributed by atoms with Crippen molar-refractivity contribution in [1.82, 2.24) is 0 Å². The highest BCUT2D eigenvalue weighted by Crippen LogP contribution is 2.41. The molecule has 2 aromatic rings. The van der Waals surface area contributed by atoms with Gasteiger partial charge in [0.25, 0.3) is 0 Å².